The Morgan fingerprint density at radius 3 is 2.61 bits per heavy atom. The maximum atomic E-state index is 9.14. The van der Waals surface area contributed by atoms with Crippen molar-refractivity contribution in [3.05, 3.63) is 22.7 Å². The van der Waals surface area contributed by atoms with E-state index in [4.69, 9.17) is 21.6 Å². The average molecular weight is 267 g/mol. The first-order chi connectivity index (χ1) is 8.47. The van der Waals surface area contributed by atoms with E-state index >= 15 is 0 Å². The molecule has 0 aliphatic rings. The molecule has 1 aromatic carbocycles. The van der Waals surface area contributed by atoms with Crippen LogP contribution in [0.1, 0.15) is 25.8 Å². The second-order valence-corrected chi connectivity index (χ2v) is 5.16. The summed E-state index contributed by atoms with van der Waals surface area (Å²) >= 11 is 6.05. The lowest BCUT2D eigenvalue weighted by Gasteiger charge is -2.18. The monoisotopic (exact) mass is 266 g/mol. The van der Waals surface area contributed by atoms with Crippen LogP contribution in [0.5, 0.6) is 5.75 Å². The van der Waals surface area contributed by atoms with Gasteiger partial charge in [-0.3, -0.25) is 0 Å². The van der Waals surface area contributed by atoms with E-state index in [9.17, 15) is 0 Å². The number of hydrogen-bond acceptors (Lipinski definition) is 3. The molecule has 1 rings (SSSR count). The third-order valence-corrected chi connectivity index (χ3v) is 3.08. The molecule has 4 heteroatoms. The molecule has 0 bridgehead atoms. The van der Waals surface area contributed by atoms with Gasteiger partial charge in [-0.15, -0.1) is 0 Å². The van der Waals surface area contributed by atoms with E-state index < -0.39 is 0 Å². The van der Waals surface area contributed by atoms with Gasteiger partial charge in [0.2, 0.25) is 0 Å². The van der Waals surface area contributed by atoms with Crippen LogP contribution >= 0.6 is 11.6 Å². The van der Waals surface area contributed by atoms with Gasteiger partial charge < -0.3 is 10.1 Å². The number of benzene rings is 1. The number of nitriles is 1. The average Bonchev–Trinajstić information content (AvgIpc) is 2.31. The number of nitrogens with zero attached hydrogens (tertiary/aromatic N) is 1. The van der Waals surface area contributed by atoms with Gasteiger partial charge in [-0.1, -0.05) is 25.4 Å². The van der Waals surface area contributed by atoms with Crippen LogP contribution in [0.3, 0.4) is 0 Å². The fourth-order valence-electron chi connectivity index (χ4n) is 1.75. The number of rotatable bonds is 5. The molecule has 0 aliphatic heterocycles. The second-order valence-electron chi connectivity index (χ2n) is 4.76. The molecule has 0 radical (unpaired) electrons. The third kappa shape index (κ3) is 3.82. The van der Waals surface area contributed by atoms with E-state index in [0.29, 0.717) is 16.7 Å². The highest BCUT2D eigenvalue weighted by Gasteiger charge is 2.13. The minimum Gasteiger partial charge on any atom is -0.495 e. The fraction of sp³-hybridized carbons (Fsp3) is 0.500. The van der Waals surface area contributed by atoms with Gasteiger partial charge in [0.1, 0.15) is 11.8 Å². The van der Waals surface area contributed by atoms with E-state index in [2.05, 4.69) is 25.2 Å². The van der Waals surface area contributed by atoms with E-state index in [1.54, 1.807) is 13.2 Å². The van der Waals surface area contributed by atoms with E-state index in [1.807, 2.05) is 13.0 Å². The maximum absolute atomic E-state index is 9.14. The van der Waals surface area contributed by atoms with Crippen LogP contribution in [0, 0.1) is 24.2 Å². The van der Waals surface area contributed by atoms with Gasteiger partial charge in [-0.05, 0) is 30.9 Å². The van der Waals surface area contributed by atoms with Crippen molar-refractivity contribution in [1.29, 1.82) is 5.26 Å². The van der Waals surface area contributed by atoms with Crippen LogP contribution in [0.2, 0.25) is 5.02 Å². The van der Waals surface area contributed by atoms with Crippen molar-refractivity contribution in [3.8, 4) is 11.8 Å². The lowest BCUT2D eigenvalue weighted by Crippen LogP contribution is -2.19. The Hall–Kier alpha value is -1.40. The second kappa shape index (κ2) is 6.51. The minimum atomic E-state index is -0.223. The molecule has 0 amide bonds. The summed E-state index contributed by atoms with van der Waals surface area (Å²) in [7, 11) is 1.59. The fourth-order valence-corrected chi connectivity index (χ4v) is 1.90. The summed E-state index contributed by atoms with van der Waals surface area (Å²) < 4.78 is 5.28. The molecule has 0 saturated heterocycles. The summed E-state index contributed by atoms with van der Waals surface area (Å²) in [6.45, 7) is 6.11. The Balaban J connectivity index is 2.95. The van der Waals surface area contributed by atoms with Crippen LogP contribution in [0.25, 0.3) is 0 Å². The van der Waals surface area contributed by atoms with Crippen molar-refractivity contribution < 1.29 is 4.74 Å². The minimum absolute atomic E-state index is 0.223. The lowest BCUT2D eigenvalue weighted by molar-refractivity contribution is 0.415. The third-order valence-electron chi connectivity index (χ3n) is 2.67. The Kier molecular flexibility index (Phi) is 5.30. The SMILES string of the molecule is COc1cc(Cl)c(C)cc1NC(C#N)CC(C)C. The molecule has 1 unspecified atom stereocenters. The molecular weight excluding hydrogens is 248 g/mol. The highest BCUT2D eigenvalue weighted by Crippen LogP contribution is 2.31. The molecule has 0 aromatic heterocycles. The van der Waals surface area contributed by atoms with E-state index in [0.717, 1.165) is 17.7 Å². The summed E-state index contributed by atoms with van der Waals surface area (Å²) in [5.74, 6) is 1.12. The Bertz CT molecular complexity index is 452. The molecule has 18 heavy (non-hydrogen) atoms. The molecule has 0 spiro atoms. The van der Waals surface area contributed by atoms with Crippen molar-refractivity contribution in [2.24, 2.45) is 5.92 Å². The van der Waals surface area contributed by atoms with Crippen LogP contribution in [-0.2, 0) is 0 Å². The predicted octanol–water partition coefficient (Wildman–Crippen LogP) is 4.01. The van der Waals surface area contributed by atoms with Crippen molar-refractivity contribution in [3.63, 3.8) is 0 Å². The predicted molar refractivity (Wildman–Crippen MR) is 75.2 cm³/mol. The number of halogens is 1. The quantitative estimate of drug-likeness (QED) is 0.876. The molecule has 1 aromatic rings. The first-order valence-corrected chi connectivity index (χ1v) is 6.36. The maximum Gasteiger partial charge on any atom is 0.143 e. The molecular formula is C14H19ClN2O. The van der Waals surface area contributed by atoms with Crippen molar-refractivity contribution in [1.82, 2.24) is 0 Å². The highest BCUT2D eigenvalue weighted by atomic mass is 35.5. The molecule has 0 heterocycles. The van der Waals surface area contributed by atoms with Crippen LogP contribution in [0.4, 0.5) is 5.69 Å². The molecule has 0 aliphatic carbocycles. The molecule has 98 valence electrons. The first-order valence-electron chi connectivity index (χ1n) is 5.98. The Morgan fingerprint density at radius 2 is 2.11 bits per heavy atom. The van der Waals surface area contributed by atoms with E-state index in [1.165, 1.54) is 0 Å². The zero-order valence-corrected chi connectivity index (χ0v) is 12.0. The van der Waals surface area contributed by atoms with Crippen molar-refractivity contribution in [2.45, 2.75) is 33.2 Å². The van der Waals surface area contributed by atoms with Gasteiger partial charge in [-0.2, -0.15) is 5.26 Å². The van der Waals surface area contributed by atoms with Crippen LogP contribution < -0.4 is 10.1 Å². The van der Waals surface area contributed by atoms with Crippen LogP contribution in [-0.4, -0.2) is 13.2 Å². The van der Waals surface area contributed by atoms with Gasteiger partial charge in [0.15, 0.2) is 0 Å². The van der Waals surface area contributed by atoms with E-state index in [-0.39, 0.29) is 6.04 Å². The largest absolute Gasteiger partial charge is 0.495 e. The van der Waals surface area contributed by atoms with Gasteiger partial charge in [0, 0.05) is 11.1 Å². The standard InChI is InChI=1S/C14H19ClN2O/c1-9(2)5-11(8-16)17-13-6-10(3)12(15)7-14(13)18-4/h6-7,9,11,17H,5H2,1-4H3. The molecule has 0 fully saturated rings. The van der Waals surface area contributed by atoms with Gasteiger partial charge in [-0.25, -0.2) is 0 Å². The number of aryl methyl sites for hydroxylation is 1. The summed E-state index contributed by atoms with van der Waals surface area (Å²) in [5, 5.41) is 13.0. The molecule has 0 saturated carbocycles. The zero-order chi connectivity index (χ0) is 13.7. The van der Waals surface area contributed by atoms with Crippen molar-refractivity contribution >= 4 is 17.3 Å². The number of methoxy groups -OCH3 is 1. The Morgan fingerprint density at radius 1 is 1.44 bits per heavy atom. The summed E-state index contributed by atoms with van der Waals surface area (Å²) in [6, 6.07) is 5.72. The number of hydrogen-bond donors (Lipinski definition) is 1. The summed E-state index contributed by atoms with van der Waals surface area (Å²) in [4.78, 5) is 0. The topological polar surface area (TPSA) is 45.0 Å². The normalized spacial score (nSPS) is 12.1. The molecule has 1 N–H and O–H groups in total. The number of anilines is 1. The summed E-state index contributed by atoms with van der Waals surface area (Å²) in [6.07, 6.45) is 0.793. The van der Waals surface area contributed by atoms with Crippen molar-refractivity contribution in [2.75, 3.05) is 12.4 Å². The van der Waals surface area contributed by atoms with Gasteiger partial charge >= 0.3 is 0 Å². The molecule has 3 nitrogen and oxygen atoms in total. The zero-order valence-electron chi connectivity index (χ0n) is 11.2. The Labute approximate surface area is 114 Å². The van der Waals surface area contributed by atoms with Gasteiger partial charge in [0.05, 0.1) is 18.9 Å². The number of nitrogens with one attached hydrogen (secondary N) is 1. The highest BCUT2D eigenvalue weighted by molar-refractivity contribution is 6.31. The smallest absolute Gasteiger partial charge is 0.143 e. The summed E-state index contributed by atoms with van der Waals surface area (Å²) in [5.41, 5.74) is 1.77. The molecule has 1 atom stereocenters. The number of ether oxygens (including phenoxy) is 1. The van der Waals surface area contributed by atoms with Crippen LogP contribution in [0.15, 0.2) is 12.1 Å². The first kappa shape index (κ1) is 14.7. The lowest BCUT2D eigenvalue weighted by atomic mass is 10.0. The van der Waals surface area contributed by atoms with Gasteiger partial charge in [0.25, 0.3) is 0 Å².